The molecule has 0 atom stereocenters. The van der Waals surface area contributed by atoms with Crippen molar-refractivity contribution in [2.24, 2.45) is 0 Å². The van der Waals surface area contributed by atoms with Crippen molar-refractivity contribution < 1.29 is 14.4 Å². The molecule has 3 nitrogen and oxygen atoms in total. The molecular weight excluding hydrogens is 386 g/mol. The number of rotatable bonds is 6. The molecule has 0 bridgehead atoms. The van der Waals surface area contributed by atoms with E-state index < -0.39 is 14.5 Å². The van der Waals surface area contributed by atoms with E-state index in [2.05, 4.69) is 26.0 Å². The van der Waals surface area contributed by atoms with Crippen molar-refractivity contribution in [2.45, 2.75) is 26.7 Å². The van der Waals surface area contributed by atoms with Crippen molar-refractivity contribution in [2.75, 3.05) is 0 Å². The molecule has 0 aromatic heterocycles. The molecule has 3 aromatic rings. The van der Waals surface area contributed by atoms with Crippen LogP contribution in [0.1, 0.15) is 25.0 Å². The van der Waals surface area contributed by atoms with Gasteiger partial charge in [-0.3, -0.25) is 4.57 Å². The minimum atomic E-state index is -4.41. The Bertz CT molecular complexity index is 994. The molecular formula is C23H26O3P2. The highest BCUT2D eigenvalue weighted by atomic mass is 31.2. The van der Waals surface area contributed by atoms with Gasteiger partial charge in [0.05, 0.1) is 0 Å². The molecule has 3 rings (SSSR count). The molecule has 0 spiro atoms. The summed E-state index contributed by atoms with van der Waals surface area (Å²) in [5, 5.41) is 2.94. The minimum Gasteiger partial charge on any atom is -0.321 e. The van der Waals surface area contributed by atoms with Gasteiger partial charge >= 0.3 is 7.60 Å². The third-order valence-corrected chi connectivity index (χ3v) is 11.0. The predicted octanol–water partition coefficient (Wildman–Crippen LogP) is 4.04. The second-order valence-corrected chi connectivity index (χ2v) is 11.8. The van der Waals surface area contributed by atoms with Crippen LogP contribution in [0.15, 0.2) is 78.9 Å². The van der Waals surface area contributed by atoms with Gasteiger partial charge in [-0.1, -0.05) is 92.7 Å². The summed E-state index contributed by atoms with van der Waals surface area (Å²) in [6.07, 6.45) is 1.70. The Morgan fingerprint density at radius 2 is 1.29 bits per heavy atom. The average Bonchev–Trinajstić information content (AvgIpc) is 2.72. The van der Waals surface area contributed by atoms with Crippen LogP contribution in [0.3, 0.4) is 0 Å². The summed E-state index contributed by atoms with van der Waals surface area (Å²) in [6.45, 7) is 1.58. The summed E-state index contributed by atoms with van der Waals surface area (Å²) in [7, 11) is -4.41. The highest BCUT2D eigenvalue weighted by molar-refractivity contribution is 8.03. The molecule has 3 aromatic carbocycles. The van der Waals surface area contributed by atoms with Gasteiger partial charge < -0.3 is 9.79 Å². The van der Waals surface area contributed by atoms with E-state index in [0.717, 1.165) is 28.8 Å². The largest absolute Gasteiger partial charge is 0.350 e. The van der Waals surface area contributed by atoms with Crippen molar-refractivity contribution in [1.29, 1.82) is 0 Å². The van der Waals surface area contributed by atoms with Crippen molar-refractivity contribution in [3.63, 3.8) is 0 Å². The third-order valence-electron chi connectivity index (χ3n) is 5.01. The first-order valence-electron chi connectivity index (χ1n) is 9.46. The normalized spacial score (nSPS) is 12.0. The van der Waals surface area contributed by atoms with E-state index in [4.69, 9.17) is 0 Å². The third kappa shape index (κ3) is 4.09. The molecule has 0 fully saturated rings. The first kappa shape index (κ1) is 20.8. The van der Waals surface area contributed by atoms with Gasteiger partial charge in [0, 0.05) is 5.54 Å². The average molecular weight is 412 g/mol. The number of hydrogen-bond acceptors (Lipinski definition) is 1. The van der Waals surface area contributed by atoms with Crippen LogP contribution in [-0.2, 0) is 17.4 Å². The van der Waals surface area contributed by atoms with E-state index in [9.17, 15) is 14.4 Å². The zero-order valence-corrected chi connectivity index (χ0v) is 18.0. The first-order chi connectivity index (χ1) is 13.4. The molecule has 0 aliphatic heterocycles. The van der Waals surface area contributed by atoms with Crippen LogP contribution in [0.5, 0.6) is 0 Å². The molecule has 0 aliphatic carbocycles. The molecule has 0 radical (unpaired) electrons. The van der Waals surface area contributed by atoms with Crippen molar-refractivity contribution in [3.8, 4) is 0 Å². The smallest absolute Gasteiger partial charge is 0.321 e. The highest BCUT2D eigenvalue weighted by Crippen LogP contribution is 2.51. The lowest BCUT2D eigenvalue weighted by molar-refractivity contribution is 0.393. The van der Waals surface area contributed by atoms with Crippen LogP contribution < -0.4 is 15.9 Å². The van der Waals surface area contributed by atoms with Gasteiger partial charge in [-0.05, 0) is 46.8 Å². The number of aryl methyl sites for hydroxylation is 1. The summed E-state index contributed by atoms with van der Waals surface area (Å²) < 4.78 is 12.4. The fourth-order valence-corrected chi connectivity index (χ4v) is 10.4. The van der Waals surface area contributed by atoms with Crippen molar-refractivity contribution in [1.82, 2.24) is 0 Å². The lowest BCUT2D eigenvalue weighted by Gasteiger charge is -2.31. The Kier molecular flexibility index (Phi) is 6.43. The molecule has 2 N–H and O–H groups in total. The SMILES string of the molecule is CCc1cccc(P(=CP(=O)(O)O)(c2ccccc2)c2ccccc2)c1CC. The van der Waals surface area contributed by atoms with Gasteiger partial charge in [0.15, 0.2) is 0 Å². The Balaban J connectivity index is 2.56. The second-order valence-electron chi connectivity index (χ2n) is 6.72. The summed E-state index contributed by atoms with van der Waals surface area (Å²) in [4.78, 5) is 20.2. The van der Waals surface area contributed by atoms with Crippen molar-refractivity contribution >= 4 is 35.9 Å². The Morgan fingerprint density at radius 1 is 0.750 bits per heavy atom. The van der Waals surface area contributed by atoms with E-state index >= 15 is 0 Å². The summed E-state index contributed by atoms with van der Waals surface area (Å²) >= 11 is 0. The predicted molar refractivity (Wildman–Crippen MR) is 122 cm³/mol. The lowest BCUT2D eigenvalue weighted by Crippen LogP contribution is -2.30. The molecule has 0 aliphatic rings. The van der Waals surface area contributed by atoms with E-state index in [0.29, 0.717) is 0 Å². The van der Waals surface area contributed by atoms with Crippen LogP contribution >= 0.6 is 14.5 Å². The molecule has 0 heterocycles. The van der Waals surface area contributed by atoms with Gasteiger partial charge in [0.1, 0.15) is 0 Å². The van der Waals surface area contributed by atoms with Gasteiger partial charge in [-0.25, -0.2) is 0 Å². The van der Waals surface area contributed by atoms with Gasteiger partial charge in [0.2, 0.25) is 0 Å². The van der Waals surface area contributed by atoms with E-state index in [-0.39, 0.29) is 0 Å². The van der Waals surface area contributed by atoms with Gasteiger partial charge in [-0.15, -0.1) is 0 Å². The second kappa shape index (κ2) is 8.64. The first-order valence-corrected chi connectivity index (χ1v) is 13.0. The molecule has 0 saturated carbocycles. The van der Waals surface area contributed by atoms with Gasteiger partial charge in [-0.2, -0.15) is 0 Å². The zero-order chi connectivity index (χ0) is 20.2. The van der Waals surface area contributed by atoms with E-state index in [1.165, 1.54) is 16.7 Å². The number of benzene rings is 3. The van der Waals surface area contributed by atoms with Crippen LogP contribution in [0.4, 0.5) is 0 Å². The van der Waals surface area contributed by atoms with Crippen LogP contribution in [0, 0.1) is 0 Å². The Morgan fingerprint density at radius 3 is 1.71 bits per heavy atom. The maximum Gasteiger partial charge on any atom is 0.350 e. The topological polar surface area (TPSA) is 57.5 Å². The summed E-state index contributed by atoms with van der Waals surface area (Å²) in [5.74, 6) is 0. The maximum atomic E-state index is 12.4. The van der Waals surface area contributed by atoms with Gasteiger partial charge in [0.25, 0.3) is 0 Å². The minimum absolute atomic E-state index is 0.815. The molecule has 5 heteroatoms. The van der Waals surface area contributed by atoms with Crippen LogP contribution in [-0.4, -0.2) is 15.3 Å². The standard InChI is InChI=1S/C23H26O3P2/c1-3-19-12-11-17-23(22(19)4-2)27(18-28(24,25)26,20-13-7-5-8-14-20)21-15-9-6-10-16-21/h5-18H,3-4H2,1-2H3,(H2,24,25,26). The Labute approximate surface area is 167 Å². The molecule has 28 heavy (non-hydrogen) atoms. The quantitative estimate of drug-likeness (QED) is 0.601. The summed E-state index contributed by atoms with van der Waals surface area (Å²) in [6, 6.07) is 25.8. The maximum absolute atomic E-state index is 12.4. The fourth-order valence-electron chi connectivity index (χ4n) is 3.87. The van der Waals surface area contributed by atoms with Crippen LogP contribution in [0.2, 0.25) is 0 Å². The van der Waals surface area contributed by atoms with E-state index in [1.54, 1.807) is 0 Å². The molecule has 146 valence electrons. The summed E-state index contributed by atoms with van der Waals surface area (Å²) in [5.41, 5.74) is 3.75. The fraction of sp³-hybridized carbons (Fsp3) is 0.174. The lowest BCUT2D eigenvalue weighted by atomic mass is 10.0. The zero-order valence-electron chi connectivity index (χ0n) is 16.2. The number of hydrogen-bond donors (Lipinski definition) is 2. The van der Waals surface area contributed by atoms with Crippen molar-refractivity contribution in [3.05, 3.63) is 90.0 Å². The van der Waals surface area contributed by atoms with Crippen LogP contribution in [0.25, 0.3) is 0 Å². The molecule has 0 saturated heterocycles. The Hall–Kier alpha value is -1.89. The monoisotopic (exact) mass is 412 g/mol. The molecule has 0 unspecified atom stereocenters. The molecule has 0 amide bonds. The highest BCUT2D eigenvalue weighted by Gasteiger charge is 2.31. The van der Waals surface area contributed by atoms with E-state index in [1.807, 2.05) is 66.7 Å².